The van der Waals surface area contributed by atoms with E-state index in [1.54, 1.807) is 18.2 Å². The summed E-state index contributed by atoms with van der Waals surface area (Å²) in [6.45, 7) is 0. The second-order valence-corrected chi connectivity index (χ2v) is 2.40. The largest absolute Gasteiger partial charge is 0.508 e. The maximum atomic E-state index is 8.78. The molecule has 0 radical (unpaired) electrons. The lowest BCUT2D eigenvalue weighted by molar-refractivity contribution is 0.475. The first-order chi connectivity index (χ1) is 3.79. The van der Waals surface area contributed by atoms with E-state index in [1.165, 1.54) is 0 Å². The summed E-state index contributed by atoms with van der Waals surface area (Å²) in [7, 11) is 0. The molecule has 1 aromatic carbocycles. The molecule has 3 heteroatoms. The summed E-state index contributed by atoms with van der Waals surface area (Å²) in [4.78, 5) is 0. The topological polar surface area (TPSA) is 20.2 Å². The summed E-state index contributed by atoms with van der Waals surface area (Å²) >= 11 is 3.20. The second-order valence-electron chi connectivity index (χ2n) is 1.48. The zero-order valence-electron chi connectivity index (χ0n) is 4.84. The van der Waals surface area contributed by atoms with Gasteiger partial charge in [-0.25, -0.2) is 0 Å². The van der Waals surface area contributed by atoms with Crippen molar-refractivity contribution in [2.24, 2.45) is 0 Å². The average Bonchev–Trinajstić information content (AvgIpc) is 1.64. The van der Waals surface area contributed by atoms with Crippen LogP contribution in [0.15, 0.2) is 28.7 Å². The monoisotopic (exact) mass is 206 g/mol. The Morgan fingerprint density at radius 1 is 1.33 bits per heavy atom. The zero-order chi connectivity index (χ0) is 5.98. The molecule has 1 nitrogen and oxygen atoms in total. The molecule has 0 spiro atoms. The van der Waals surface area contributed by atoms with Crippen molar-refractivity contribution in [2.45, 2.75) is 0 Å². The lowest BCUT2D eigenvalue weighted by Crippen LogP contribution is -1.61. The molecule has 0 saturated carbocycles. The number of phenols is 1. The fourth-order valence-corrected chi connectivity index (χ4v) is 0.863. The van der Waals surface area contributed by atoms with Crippen LogP contribution in [0.1, 0.15) is 0 Å². The van der Waals surface area contributed by atoms with Gasteiger partial charge in [0.1, 0.15) is 5.75 Å². The van der Waals surface area contributed by atoms with Crippen LogP contribution in [0.5, 0.6) is 5.75 Å². The molecule has 0 amide bonds. The van der Waals surface area contributed by atoms with Crippen LogP contribution >= 0.6 is 25.8 Å². The molecular formula is C6H8BrOP. The van der Waals surface area contributed by atoms with E-state index >= 15 is 0 Å². The third-order valence-electron chi connectivity index (χ3n) is 0.808. The average molecular weight is 207 g/mol. The number of rotatable bonds is 0. The molecule has 0 fully saturated rings. The zero-order valence-corrected chi connectivity index (χ0v) is 7.84. The van der Waals surface area contributed by atoms with Crippen molar-refractivity contribution < 1.29 is 5.11 Å². The SMILES string of the molecule is Oc1cccc(Br)c1.P. The second kappa shape index (κ2) is 3.86. The van der Waals surface area contributed by atoms with Gasteiger partial charge in [-0.05, 0) is 18.2 Å². The molecule has 0 aliphatic carbocycles. The number of aromatic hydroxyl groups is 1. The Morgan fingerprint density at radius 2 is 2.00 bits per heavy atom. The lowest BCUT2D eigenvalue weighted by Gasteiger charge is -1.88. The maximum absolute atomic E-state index is 8.78. The highest BCUT2D eigenvalue weighted by molar-refractivity contribution is 9.10. The van der Waals surface area contributed by atoms with Crippen molar-refractivity contribution in [3.63, 3.8) is 0 Å². The van der Waals surface area contributed by atoms with Gasteiger partial charge in [-0.1, -0.05) is 22.0 Å². The molecule has 1 atom stereocenters. The quantitative estimate of drug-likeness (QED) is 0.646. The van der Waals surface area contributed by atoms with Crippen LogP contribution in [0.4, 0.5) is 0 Å². The van der Waals surface area contributed by atoms with E-state index in [9.17, 15) is 0 Å². The number of benzene rings is 1. The minimum atomic E-state index is 0. The van der Waals surface area contributed by atoms with Crippen LogP contribution in [0, 0.1) is 0 Å². The van der Waals surface area contributed by atoms with E-state index in [2.05, 4.69) is 15.9 Å². The first-order valence-corrected chi connectivity index (χ1v) is 3.03. The Balaban J connectivity index is 0.000000640. The molecule has 0 bridgehead atoms. The summed E-state index contributed by atoms with van der Waals surface area (Å²) in [5.74, 6) is 0.291. The molecule has 0 aromatic heterocycles. The van der Waals surface area contributed by atoms with E-state index in [0.29, 0.717) is 5.75 Å². The summed E-state index contributed by atoms with van der Waals surface area (Å²) in [5.41, 5.74) is 0. The van der Waals surface area contributed by atoms with Crippen LogP contribution < -0.4 is 0 Å². The Morgan fingerprint density at radius 3 is 2.33 bits per heavy atom. The molecule has 50 valence electrons. The standard InChI is InChI=1S/C6H5BrO.H3P/c7-5-2-1-3-6(8)4-5;/h1-4,8H;1H3. The van der Waals surface area contributed by atoms with E-state index < -0.39 is 0 Å². The van der Waals surface area contributed by atoms with Gasteiger partial charge in [-0.15, -0.1) is 0 Å². The van der Waals surface area contributed by atoms with Gasteiger partial charge in [0.15, 0.2) is 0 Å². The van der Waals surface area contributed by atoms with Gasteiger partial charge >= 0.3 is 0 Å². The summed E-state index contributed by atoms with van der Waals surface area (Å²) < 4.78 is 0.900. The van der Waals surface area contributed by atoms with Gasteiger partial charge in [-0.3, -0.25) is 0 Å². The molecular weight excluding hydrogens is 199 g/mol. The molecule has 1 rings (SSSR count). The number of phenolic OH excluding ortho intramolecular Hbond substituents is 1. The van der Waals surface area contributed by atoms with E-state index in [0.717, 1.165) is 4.47 Å². The van der Waals surface area contributed by atoms with Gasteiger partial charge < -0.3 is 5.11 Å². The van der Waals surface area contributed by atoms with E-state index in [4.69, 9.17) is 5.11 Å². The number of hydrogen-bond donors (Lipinski definition) is 1. The van der Waals surface area contributed by atoms with Crippen LogP contribution in [0.3, 0.4) is 0 Å². The molecule has 0 aliphatic heterocycles. The van der Waals surface area contributed by atoms with Gasteiger partial charge in [0.05, 0.1) is 0 Å². The molecule has 0 aliphatic rings. The van der Waals surface area contributed by atoms with Crippen molar-refractivity contribution in [3.8, 4) is 5.75 Å². The van der Waals surface area contributed by atoms with Crippen LogP contribution in [-0.2, 0) is 0 Å². The van der Waals surface area contributed by atoms with Crippen molar-refractivity contribution in [3.05, 3.63) is 28.7 Å². The van der Waals surface area contributed by atoms with Crippen LogP contribution in [0.2, 0.25) is 0 Å². The Labute approximate surface area is 65.8 Å². The summed E-state index contributed by atoms with van der Waals surface area (Å²) in [5, 5.41) is 8.78. The third-order valence-corrected chi connectivity index (χ3v) is 1.30. The fourth-order valence-electron chi connectivity index (χ4n) is 0.476. The third kappa shape index (κ3) is 2.83. The van der Waals surface area contributed by atoms with Crippen molar-refractivity contribution in [1.82, 2.24) is 0 Å². The highest BCUT2D eigenvalue weighted by atomic mass is 79.9. The predicted molar refractivity (Wildman–Crippen MR) is 46.9 cm³/mol. The van der Waals surface area contributed by atoms with Crippen molar-refractivity contribution in [1.29, 1.82) is 0 Å². The Bertz CT molecular complexity index is 173. The first kappa shape index (κ1) is 8.93. The number of halogens is 1. The highest BCUT2D eigenvalue weighted by Gasteiger charge is 1.84. The predicted octanol–water partition coefficient (Wildman–Crippen LogP) is 2.21. The van der Waals surface area contributed by atoms with Crippen LogP contribution in [-0.4, -0.2) is 5.11 Å². The molecule has 0 heterocycles. The summed E-state index contributed by atoms with van der Waals surface area (Å²) in [6, 6.07) is 6.91. The molecule has 0 saturated heterocycles. The van der Waals surface area contributed by atoms with Crippen molar-refractivity contribution in [2.75, 3.05) is 0 Å². The summed E-state index contributed by atoms with van der Waals surface area (Å²) in [6.07, 6.45) is 0. The smallest absolute Gasteiger partial charge is 0.116 e. The minimum Gasteiger partial charge on any atom is -0.508 e. The fraction of sp³-hybridized carbons (Fsp3) is 0. The van der Waals surface area contributed by atoms with Crippen molar-refractivity contribution >= 4 is 25.8 Å². The van der Waals surface area contributed by atoms with E-state index in [-0.39, 0.29) is 9.90 Å². The Hall–Kier alpha value is -0.0700. The lowest BCUT2D eigenvalue weighted by atomic mass is 10.3. The van der Waals surface area contributed by atoms with Gasteiger partial charge in [0.2, 0.25) is 0 Å². The highest BCUT2D eigenvalue weighted by Crippen LogP contribution is 2.15. The molecule has 1 N–H and O–H groups in total. The van der Waals surface area contributed by atoms with Gasteiger partial charge in [0.25, 0.3) is 0 Å². The first-order valence-electron chi connectivity index (χ1n) is 2.23. The van der Waals surface area contributed by atoms with Gasteiger partial charge in [0, 0.05) is 4.47 Å². The molecule has 1 unspecified atom stereocenters. The van der Waals surface area contributed by atoms with Crippen LogP contribution in [0.25, 0.3) is 0 Å². The number of hydrogen-bond acceptors (Lipinski definition) is 1. The molecule has 9 heavy (non-hydrogen) atoms. The minimum absolute atomic E-state index is 0. The maximum Gasteiger partial charge on any atom is 0.116 e. The normalized spacial score (nSPS) is 8.11. The Kier molecular flexibility index (Phi) is 3.83. The van der Waals surface area contributed by atoms with E-state index in [1.807, 2.05) is 6.07 Å². The van der Waals surface area contributed by atoms with Gasteiger partial charge in [-0.2, -0.15) is 9.90 Å². The molecule has 1 aromatic rings.